The molecule has 3 nitrogen and oxygen atoms in total. The lowest BCUT2D eigenvalue weighted by Crippen LogP contribution is -2.53. The summed E-state index contributed by atoms with van der Waals surface area (Å²) in [5.41, 5.74) is 8.52. The number of hydrogen-bond acceptors (Lipinski definition) is 3. The molecule has 0 aliphatic heterocycles. The van der Waals surface area contributed by atoms with Gasteiger partial charge in [0.25, 0.3) is 0 Å². The predicted octanol–water partition coefficient (Wildman–Crippen LogP) is 5.24. The summed E-state index contributed by atoms with van der Waals surface area (Å²) < 4.78 is 5.30. The molecule has 1 atom stereocenters. The minimum absolute atomic E-state index is 0.0221. The second kappa shape index (κ2) is 7.94. The number of nitrogens with one attached hydrogen (secondary N) is 1. The number of fused-ring (bicyclic) bond motifs is 1. The van der Waals surface area contributed by atoms with Crippen LogP contribution in [0.15, 0.2) is 66.7 Å². The molecule has 1 unspecified atom stereocenters. The number of methoxy groups -OCH3 is 1. The van der Waals surface area contributed by atoms with E-state index >= 15 is 0 Å². The highest BCUT2D eigenvalue weighted by molar-refractivity contribution is 5.83. The van der Waals surface area contributed by atoms with Crippen molar-refractivity contribution >= 4 is 10.8 Å². The Bertz CT molecular complexity index is 923. The Kier molecular flexibility index (Phi) is 5.78. The summed E-state index contributed by atoms with van der Waals surface area (Å²) >= 11 is 0. The van der Waals surface area contributed by atoms with Gasteiger partial charge in [-0.3, -0.25) is 0 Å². The van der Waals surface area contributed by atoms with Crippen LogP contribution in [0.25, 0.3) is 10.8 Å². The van der Waals surface area contributed by atoms with E-state index in [1.54, 1.807) is 7.11 Å². The van der Waals surface area contributed by atoms with E-state index in [1.807, 2.05) is 12.1 Å². The van der Waals surface area contributed by atoms with E-state index in [9.17, 15) is 0 Å². The Labute approximate surface area is 168 Å². The molecule has 0 saturated carbocycles. The number of nitrogens with two attached hydrogens (primary N) is 1. The summed E-state index contributed by atoms with van der Waals surface area (Å²) in [6.07, 6.45) is 0.917. The first-order chi connectivity index (χ1) is 13.2. The van der Waals surface area contributed by atoms with Crippen LogP contribution < -0.4 is 15.8 Å². The van der Waals surface area contributed by atoms with E-state index < -0.39 is 5.54 Å². The molecule has 3 heteroatoms. The summed E-state index contributed by atoms with van der Waals surface area (Å²) in [5, 5.41) is 6.37. The van der Waals surface area contributed by atoms with Gasteiger partial charge >= 0.3 is 0 Å². The maximum absolute atomic E-state index is 6.56. The van der Waals surface area contributed by atoms with Crippen molar-refractivity contribution in [2.75, 3.05) is 7.11 Å². The first-order valence-corrected chi connectivity index (χ1v) is 9.86. The van der Waals surface area contributed by atoms with Crippen molar-refractivity contribution < 1.29 is 4.74 Å². The number of rotatable bonds is 7. The highest BCUT2D eigenvalue weighted by Crippen LogP contribution is 2.29. The van der Waals surface area contributed by atoms with Crippen LogP contribution in [0.4, 0.5) is 0 Å². The van der Waals surface area contributed by atoms with Gasteiger partial charge in [-0.05, 0) is 68.1 Å². The van der Waals surface area contributed by atoms with Gasteiger partial charge in [0.1, 0.15) is 5.75 Å². The topological polar surface area (TPSA) is 47.3 Å². The quantitative estimate of drug-likeness (QED) is 0.593. The van der Waals surface area contributed by atoms with E-state index in [0.29, 0.717) is 0 Å². The molecule has 0 aromatic heterocycles. The van der Waals surface area contributed by atoms with Crippen LogP contribution in [-0.4, -0.2) is 18.2 Å². The molecule has 0 fully saturated rings. The fraction of sp³-hybridized carbons (Fsp3) is 0.360. The van der Waals surface area contributed by atoms with Gasteiger partial charge in [-0.2, -0.15) is 0 Å². The van der Waals surface area contributed by atoms with Gasteiger partial charge < -0.3 is 15.8 Å². The van der Waals surface area contributed by atoms with Gasteiger partial charge in [-0.1, -0.05) is 54.6 Å². The van der Waals surface area contributed by atoms with Crippen LogP contribution in [-0.2, 0) is 6.42 Å². The molecule has 0 amide bonds. The molecule has 3 rings (SSSR count). The van der Waals surface area contributed by atoms with Crippen LogP contribution in [0.1, 0.15) is 44.9 Å². The van der Waals surface area contributed by atoms with Crippen LogP contribution in [0.2, 0.25) is 0 Å². The molecular weight excluding hydrogens is 344 g/mol. The highest BCUT2D eigenvalue weighted by atomic mass is 16.5. The zero-order chi connectivity index (χ0) is 20.4. The fourth-order valence-corrected chi connectivity index (χ4v) is 3.80. The van der Waals surface area contributed by atoms with Gasteiger partial charge in [0.15, 0.2) is 0 Å². The van der Waals surface area contributed by atoms with Crippen molar-refractivity contribution in [2.45, 2.75) is 51.2 Å². The lowest BCUT2D eigenvalue weighted by atomic mass is 9.85. The smallest absolute Gasteiger partial charge is 0.118 e. The summed E-state index contributed by atoms with van der Waals surface area (Å²) in [6.45, 7) is 8.62. The minimum Gasteiger partial charge on any atom is -0.497 e. The molecule has 0 bridgehead atoms. The van der Waals surface area contributed by atoms with Crippen molar-refractivity contribution in [1.82, 2.24) is 5.32 Å². The first-order valence-electron chi connectivity index (χ1n) is 9.86. The maximum Gasteiger partial charge on any atom is 0.118 e. The Balaban J connectivity index is 1.83. The average Bonchev–Trinajstić information content (AvgIpc) is 2.65. The lowest BCUT2D eigenvalue weighted by molar-refractivity contribution is 0.259. The third-order valence-corrected chi connectivity index (χ3v) is 5.19. The largest absolute Gasteiger partial charge is 0.497 e. The van der Waals surface area contributed by atoms with E-state index in [2.05, 4.69) is 87.6 Å². The van der Waals surface area contributed by atoms with Gasteiger partial charge in [-0.15, -0.1) is 0 Å². The van der Waals surface area contributed by atoms with E-state index in [4.69, 9.17) is 10.5 Å². The molecule has 0 aliphatic rings. The zero-order valence-electron chi connectivity index (χ0n) is 17.6. The van der Waals surface area contributed by atoms with E-state index in [0.717, 1.165) is 12.2 Å². The summed E-state index contributed by atoms with van der Waals surface area (Å²) in [6, 6.07) is 23.4. The van der Waals surface area contributed by atoms with E-state index in [1.165, 1.54) is 21.9 Å². The number of hydrogen-bond donors (Lipinski definition) is 2. The Morgan fingerprint density at radius 2 is 1.54 bits per heavy atom. The molecule has 3 N–H and O–H groups in total. The average molecular weight is 377 g/mol. The van der Waals surface area contributed by atoms with Gasteiger partial charge in [-0.25, -0.2) is 0 Å². The van der Waals surface area contributed by atoms with Gasteiger partial charge in [0.2, 0.25) is 0 Å². The SMILES string of the molecule is COc1ccc(C(NC(C)(C)Cc2ccc3ccccc3c2)C(C)(C)N)cc1. The predicted molar refractivity (Wildman–Crippen MR) is 119 cm³/mol. The van der Waals surface area contributed by atoms with Gasteiger partial charge in [0, 0.05) is 11.1 Å². The van der Waals surface area contributed by atoms with Crippen molar-refractivity contribution in [3.05, 3.63) is 77.9 Å². The van der Waals surface area contributed by atoms with Crippen LogP contribution >= 0.6 is 0 Å². The number of ether oxygens (including phenoxy) is 1. The Morgan fingerprint density at radius 3 is 2.14 bits per heavy atom. The standard InChI is InChI=1S/C25H32N2O/c1-24(2,17-18-10-11-19-8-6-7-9-21(19)16-18)27-23(25(3,4)26)20-12-14-22(28-5)15-13-20/h6-16,23,27H,17,26H2,1-5H3. The molecule has 0 spiro atoms. The molecule has 0 radical (unpaired) electrons. The molecule has 0 heterocycles. The third-order valence-electron chi connectivity index (χ3n) is 5.19. The highest BCUT2D eigenvalue weighted by Gasteiger charge is 2.32. The molecule has 148 valence electrons. The zero-order valence-corrected chi connectivity index (χ0v) is 17.6. The van der Waals surface area contributed by atoms with Crippen molar-refractivity contribution in [3.63, 3.8) is 0 Å². The third kappa shape index (κ3) is 4.92. The lowest BCUT2D eigenvalue weighted by Gasteiger charge is -2.39. The van der Waals surface area contributed by atoms with Gasteiger partial charge in [0.05, 0.1) is 13.2 Å². The summed E-state index contributed by atoms with van der Waals surface area (Å²) in [4.78, 5) is 0. The first kappa shape index (κ1) is 20.4. The summed E-state index contributed by atoms with van der Waals surface area (Å²) in [7, 11) is 1.68. The number of benzene rings is 3. The molecule has 28 heavy (non-hydrogen) atoms. The molecule has 3 aromatic rings. The molecule has 3 aromatic carbocycles. The maximum atomic E-state index is 6.56. The monoisotopic (exact) mass is 376 g/mol. The molecular formula is C25H32N2O. The second-order valence-electron chi connectivity index (χ2n) is 8.91. The fourth-order valence-electron chi connectivity index (χ4n) is 3.80. The van der Waals surface area contributed by atoms with Crippen LogP contribution in [0, 0.1) is 0 Å². The van der Waals surface area contributed by atoms with E-state index in [-0.39, 0.29) is 11.6 Å². The molecule has 0 aliphatic carbocycles. The Morgan fingerprint density at radius 1 is 0.893 bits per heavy atom. The van der Waals surface area contributed by atoms with Crippen molar-refractivity contribution in [3.8, 4) is 5.75 Å². The van der Waals surface area contributed by atoms with Crippen LogP contribution in [0.5, 0.6) is 5.75 Å². The molecule has 0 saturated heterocycles. The Hall–Kier alpha value is -2.36. The minimum atomic E-state index is -0.407. The summed E-state index contributed by atoms with van der Waals surface area (Å²) in [5.74, 6) is 0.854. The van der Waals surface area contributed by atoms with Crippen molar-refractivity contribution in [1.29, 1.82) is 0 Å². The normalized spacial score (nSPS) is 13.5. The second-order valence-corrected chi connectivity index (χ2v) is 8.91. The van der Waals surface area contributed by atoms with Crippen molar-refractivity contribution in [2.24, 2.45) is 5.73 Å². The van der Waals surface area contributed by atoms with Crippen LogP contribution in [0.3, 0.4) is 0 Å².